The lowest BCUT2D eigenvalue weighted by molar-refractivity contribution is -0.119. The standard InChI is InChI=1S/C18H15FN2O3S/c1-24-14-8-6-13(7-9-14)20-16(22)15-10-25-17(21(15)18(20)23)11-2-4-12(19)5-3-11/h2-9,15,17H,10H2,1H3/t15-,17+/m1/s1. The van der Waals surface area contributed by atoms with Crippen LogP contribution < -0.4 is 9.64 Å². The summed E-state index contributed by atoms with van der Waals surface area (Å²) in [7, 11) is 1.56. The van der Waals surface area contributed by atoms with E-state index in [0.717, 1.165) is 5.56 Å². The van der Waals surface area contributed by atoms with Gasteiger partial charge in [-0.3, -0.25) is 9.69 Å². The molecule has 4 rings (SSSR count). The molecule has 5 nitrogen and oxygen atoms in total. The third-order valence-electron chi connectivity index (χ3n) is 4.40. The van der Waals surface area contributed by atoms with E-state index in [4.69, 9.17) is 4.74 Å². The van der Waals surface area contributed by atoms with Crippen LogP contribution in [0.1, 0.15) is 10.9 Å². The molecule has 2 aliphatic heterocycles. The highest BCUT2D eigenvalue weighted by molar-refractivity contribution is 7.99. The molecule has 0 N–H and O–H groups in total. The van der Waals surface area contributed by atoms with Gasteiger partial charge in [0.05, 0.1) is 12.8 Å². The third-order valence-corrected chi connectivity index (χ3v) is 5.73. The number of methoxy groups -OCH3 is 1. The van der Waals surface area contributed by atoms with Crippen LogP contribution in [0.15, 0.2) is 48.5 Å². The molecule has 0 bridgehead atoms. The van der Waals surface area contributed by atoms with Crippen LogP contribution in [0.3, 0.4) is 0 Å². The molecule has 3 amide bonds. The Balaban J connectivity index is 1.65. The quantitative estimate of drug-likeness (QED) is 0.789. The van der Waals surface area contributed by atoms with Crippen molar-refractivity contribution >= 4 is 29.4 Å². The number of fused-ring (bicyclic) bond motifs is 1. The average molecular weight is 358 g/mol. The SMILES string of the molecule is COc1ccc(N2C(=O)[C@H]3CS[C@@H](c4ccc(F)cc4)N3C2=O)cc1. The second-order valence-electron chi connectivity index (χ2n) is 5.81. The smallest absolute Gasteiger partial charge is 0.333 e. The highest BCUT2D eigenvalue weighted by atomic mass is 32.2. The Morgan fingerprint density at radius 3 is 2.40 bits per heavy atom. The molecule has 2 fully saturated rings. The van der Waals surface area contributed by atoms with Crippen molar-refractivity contribution < 1.29 is 18.7 Å². The Bertz CT molecular complexity index is 825. The number of amides is 3. The minimum Gasteiger partial charge on any atom is -0.497 e. The molecule has 25 heavy (non-hydrogen) atoms. The number of thioether (sulfide) groups is 1. The lowest BCUT2D eigenvalue weighted by atomic mass is 10.2. The zero-order chi connectivity index (χ0) is 17.6. The average Bonchev–Trinajstić information content (AvgIpc) is 3.17. The molecule has 2 saturated heterocycles. The summed E-state index contributed by atoms with van der Waals surface area (Å²) in [5.41, 5.74) is 1.33. The highest BCUT2D eigenvalue weighted by Gasteiger charge is 2.53. The maximum Gasteiger partial charge on any atom is 0.333 e. The minimum absolute atomic E-state index is 0.229. The van der Waals surface area contributed by atoms with E-state index in [2.05, 4.69) is 0 Å². The summed E-state index contributed by atoms with van der Waals surface area (Å²) >= 11 is 1.52. The number of anilines is 1. The van der Waals surface area contributed by atoms with E-state index in [1.54, 1.807) is 48.4 Å². The van der Waals surface area contributed by atoms with Gasteiger partial charge in [-0.25, -0.2) is 14.1 Å². The van der Waals surface area contributed by atoms with Crippen LogP contribution in [-0.2, 0) is 4.79 Å². The summed E-state index contributed by atoms with van der Waals surface area (Å²) in [5.74, 6) is 0.626. The zero-order valence-corrected chi connectivity index (χ0v) is 14.2. The van der Waals surface area contributed by atoms with Crippen molar-refractivity contribution in [3.8, 4) is 5.75 Å². The van der Waals surface area contributed by atoms with E-state index >= 15 is 0 Å². The lowest BCUT2D eigenvalue weighted by Crippen LogP contribution is -2.33. The van der Waals surface area contributed by atoms with Crippen molar-refractivity contribution in [3.05, 3.63) is 59.9 Å². The largest absolute Gasteiger partial charge is 0.497 e. The van der Waals surface area contributed by atoms with E-state index in [1.165, 1.54) is 28.8 Å². The Morgan fingerprint density at radius 2 is 1.76 bits per heavy atom. The number of urea groups is 1. The first-order valence-electron chi connectivity index (χ1n) is 7.77. The van der Waals surface area contributed by atoms with Crippen molar-refractivity contribution in [2.45, 2.75) is 11.4 Å². The van der Waals surface area contributed by atoms with Crippen molar-refractivity contribution in [3.63, 3.8) is 0 Å². The van der Waals surface area contributed by atoms with E-state index in [0.29, 0.717) is 17.2 Å². The number of hydrogen-bond acceptors (Lipinski definition) is 4. The van der Waals surface area contributed by atoms with Crippen molar-refractivity contribution in [1.29, 1.82) is 0 Å². The van der Waals surface area contributed by atoms with E-state index in [-0.39, 0.29) is 23.1 Å². The van der Waals surface area contributed by atoms with Crippen molar-refractivity contribution in [1.82, 2.24) is 4.90 Å². The van der Waals surface area contributed by atoms with Crippen LogP contribution in [0.2, 0.25) is 0 Å². The fraction of sp³-hybridized carbons (Fsp3) is 0.222. The minimum atomic E-state index is -0.491. The van der Waals surface area contributed by atoms with Gasteiger partial charge in [-0.1, -0.05) is 12.1 Å². The molecular weight excluding hydrogens is 343 g/mol. The van der Waals surface area contributed by atoms with Crippen LogP contribution in [0.25, 0.3) is 0 Å². The zero-order valence-electron chi connectivity index (χ0n) is 13.4. The molecule has 2 aromatic rings. The molecule has 2 atom stereocenters. The Kier molecular flexibility index (Phi) is 3.88. The van der Waals surface area contributed by atoms with Crippen LogP contribution >= 0.6 is 11.8 Å². The molecule has 0 aromatic heterocycles. The topological polar surface area (TPSA) is 49.9 Å². The molecule has 0 unspecified atom stereocenters. The predicted octanol–water partition coefficient (Wildman–Crippen LogP) is 3.42. The second kappa shape index (κ2) is 6.07. The fourth-order valence-corrected chi connectivity index (χ4v) is 4.56. The van der Waals surface area contributed by atoms with Gasteiger partial charge in [0.15, 0.2) is 0 Å². The summed E-state index contributed by atoms with van der Waals surface area (Å²) in [4.78, 5) is 28.5. The summed E-state index contributed by atoms with van der Waals surface area (Å²) in [5, 5.41) is -0.287. The molecular formula is C18H15FN2O3S. The van der Waals surface area contributed by atoms with Gasteiger partial charge >= 0.3 is 6.03 Å². The molecule has 128 valence electrons. The molecule has 0 aliphatic carbocycles. The highest BCUT2D eigenvalue weighted by Crippen LogP contribution is 2.46. The van der Waals surface area contributed by atoms with Crippen LogP contribution in [0.5, 0.6) is 5.75 Å². The Hall–Kier alpha value is -2.54. The van der Waals surface area contributed by atoms with Gasteiger partial charge < -0.3 is 4.74 Å². The number of carbonyl (C=O) groups excluding carboxylic acids is 2. The number of rotatable bonds is 3. The summed E-state index contributed by atoms with van der Waals surface area (Å²) < 4.78 is 18.3. The number of nitrogens with zero attached hydrogens (tertiary/aromatic N) is 2. The number of imide groups is 1. The van der Waals surface area contributed by atoms with E-state index in [9.17, 15) is 14.0 Å². The number of benzene rings is 2. The van der Waals surface area contributed by atoms with Gasteiger partial charge in [0.25, 0.3) is 5.91 Å². The molecule has 2 heterocycles. The fourth-order valence-electron chi connectivity index (χ4n) is 3.14. The number of halogens is 1. The Morgan fingerprint density at radius 1 is 1.08 bits per heavy atom. The van der Waals surface area contributed by atoms with Crippen LogP contribution in [0.4, 0.5) is 14.9 Å². The maximum atomic E-state index is 13.2. The lowest BCUT2D eigenvalue weighted by Gasteiger charge is -2.23. The molecule has 2 aromatic carbocycles. The number of hydrogen-bond donors (Lipinski definition) is 0. The van der Waals surface area contributed by atoms with E-state index < -0.39 is 6.04 Å². The van der Waals surface area contributed by atoms with Crippen molar-refractivity contribution in [2.75, 3.05) is 17.8 Å². The molecule has 7 heteroatoms. The molecule has 0 radical (unpaired) electrons. The van der Waals surface area contributed by atoms with Gasteiger partial charge in [0.1, 0.15) is 23.0 Å². The normalized spacial score (nSPS) is 22.5. The molecule has 2 aliphatic rings. The second-order valence-corrected chi connectivity index (χ2v) is 6.93. The first-order chi connectivity index (χ1) is 12.1. The number of carbonyl (C=O) groups is 2. The molecule has 0 saturated carbocycles. The van der Waals surface area contributed by atoms with Crippen LogP contribution in [-0.4, -0.2) is 35.7 Å². The predicted molar refractivity (Wildman–Crippen MR) is 93.1 cm³/mol. The van der Waals surface area contributed by atoms with Gasteiger partial charge in [0, 0.05) is 5.75 Å². The van der Waals surface area contributed by atoms with Crippen molar-refractivity contribution in [2.24, 2.45) is 0 Å². The van der Waals surface area contributed by atoms with Crippen LogP contribution in [0, 0.1) is 5.82 Å². The van der Waals surface area contributed by atoms with Gasteiger partial charge in [0.2, 0.25) is 0 Å². The van der Waals surface area contributed by atoms with E-state index in [1.807, 2.05) is 0 Å². The van der Waals surface area contributed by atoms with Gasteiger partial charge in [-0.05, 0) is 42.0 Å². The molecule has 0 spiro atoms. The monoisotopic (exact) mass is 358 g/mol. The summed E-state index contributed by atoms with van der Waals surface area (Å²) in [6.45, 7) is 0. The van der Waals surface area contributed by atoms with Gasteiger partial charge in [-0.15, -0.1) is 11.8 Å². The summed E-state index contributed by atoms with van der Waals surface area (Å²) in [6.07, 6.45) is 0. The van der Waals surface area contributed by atoms with Gasteiger partial charge in [-0.2, -0.15) is 0 Å². The number of ether oxygens (including phenoxy) is 1. The third kappa shape index (κ3) is 2.55. The maximum absolute atomic E-state index is 13.2. The summed E-state index contributed by atoms with van der Waals surface area (Å²) in [6, 6.07) is 12.0. The first-order valence-corrected chi connectivity index (χ1v) is 8.82. The Labute approximate surface area is 148 Å². The first kappa shape index (κ1) is 16.0.